The number of nitrogens with one attached hydrogen (secondary N) is 4. The van der Waals surface area contributed by atoms with Gasteiger partial charge in [0.15, 0.2) is 0 Å². The minimum absolute atomic E-state index is 0. The highest BCUT2D eigenvalue weighted by Crippen LogP contribution is 2.16. The van der Waals surface area contributed by atoms with Gasteiger partial charge >= 0.3 is 6.03 Å². The van der Waals surface area contributed by atoms with Gasteiger partial charge in [0.25, 0.3) is 5.91 Å². The summed E-state index contributed by atoms with van der Waals surface area (Å²) in [4.78, 5) is 28.1. The van der Waals surface area contributed by atoms with Crippen molar-refractivity contribution in [1.82, 2.24) is 15.6 Å². The quantitative estimate of drug-likeness (QED) is 0.585. The minimum Gasteiger partial charge on any atom is -0.366 e. The van der Waals surface area contributed by atoms with Crippen molar-refractivity contribution in [3.8, 4) is 0 Å². The van der Waals surface area contributed by atoms with Crippen LogP contribution in [0.15, 0.2) is 48.8 Å². The Labute approximate surface area is 175 Å². The number of morpholine rings is 1. The molecular formula is C18H23Cl2N5O3. The minimum atomic E-state index is -0.510. The Bertz CT molecular complexity index is 758. The van der Waals surface area contributed by atoms with Crippen LogP contribution in [0.4, 0.5) is 16.2 Å². The summed E-state index contributed by atoms with van der Waals surface area (Å²) in [5, 5.41) is 11.4. The zero-order valence-corrected chi connectivity index (χ0v) is 16.6. The number of aromatic nitrogens is 1. The molecule has 1 aromatic heterocycles. The Balaban J connectivity index is 0.00000196. The second kappa shape index (κ2) is 12.1. The molecule has 1 saturated heterocycles. The molecule has 2 heterocycles. The molecule has 1 aromatic carbocycles. The van der Waals surface area contributed by atoms with Gasteiger partial charge in [0, 0.05) is 43.4 Å². The van der Waals surface area contributed by atoms with Crippen LogP contribution in [-0.4, -0.2) is 42.7 Å². The van der Waals surface area contributed by atoms with Crippen molar-refractivity contribution in [2.75, 3.05) is 30.3 Å². The Morgan fingerprint density at radius 1 is 1.11 bits per heavy atom. The number of anilines is 2. The van der Waals surface area contributed by atoms with E-state index in [0.29, 0.717) is 31.1 Å². The fraction of sp³-hybridized carbons (Fsp3) is 0.278. The first-order valence-corrected chi connectivity index (χ1v) is 8.38. The maximum Gasteiger partial charge on any atom is 0.319 e. The summed E-state index contributed by atoms with van der Waals surface area (Å²) >= 11 is 0. The number of hydrogen-bond donors (Lipinski definition) is 4. The summed E-state index contributed by atoms with van der Waals surface area (Å²) < 4.78 is 5.42. The Morgan fingerprint density at radius 3 is 2.50 bits per heavy atom. The van der Waals surface area contributed by atoms with Crippen LogP contribution in [-0.2, 0) is 16.1 Å². The zero-order chi connectivity index (χ0) is 18.2. The summed E-state index contributed by atoms with van der Waals surface area (Å²) in [7, 11) is 0. The molecule has 152 valence electrons. The molecule has 1 unspecified atom stereocenters. The Morgan fingerprint density at radius 2 is 1.82 bits per heavy atom. The fourth-order valence-corrected chi connectivity index (χ4v) is 2.49. The van der Waals surface area contributed by atoms with Gasteiger partial charge in [-0.2, -0.15) is 0 Å². The Kier molecular flexibility index (Phi) is 10.3. The van der Waals surface area contributed by atoms with Gasteiger partial charge in [-0.15, -0.1) is 24.8 Å². The maximum absolute atomic E-state index is 12.2. The number of hydrogen-bond acceptors (Lipinski definition) is 5. The van der Waals surface area contributed by atoms with Crippen LogP contribution >= 0.6 is 24.8 Å². The standard InChI is InChI=1S/C18H21N5O3.2ClH/c24-17(16-12-20-8-9-26-16)22-14-2-1-3-15(10-14)23-18(25)21-11-13-4-6-19-7-5-13;;/h1-7,10,16,20H,8-9,11-12H2,(H,22,24)(H2,21,23,25);2*1H. The van der Waals surface area contributed by atoms with Crippen molar-refractivity contribution in [3.63, 3.8) is 0 Å². The van der Waals surface area contributed by atoms with Crippen molar-refractivity contribution in [1.29, 1.82) is 0 Å². The lowest BCUT2D eigenvalue weighted by molar-refractivity contribution is -0.128. The lowest BCUT2D eigenvalue weighted by atomic mass is 10.2. The largest absolute Gasteiger partial charge is 0.366 e. The lowest BCUT2D eigenvalue weighted by Gasteiger charge is -2.22. The molecule has 0 aliphatic carbocycles. The average molecular weight is 428 g/mol. The molecule has 2 aromatic rings. The molecular weight excluding hydrogens is 405 g/mol. The number of benzene rings is 1. The van der Waals surface area contributed by atoms with Crippen molar-refractivity contribution in [3.05, 3.63) is 54.4 Å². The number of nitrogens with zero attached hydrogens (tertiary/aromatic N) is 1. The molecule has 3 amide bonds. The highest BCUT2D eigenvalue weighted by atomic mass is 35.5. The normalized spacial score (nSPS) is 15.4. The number of amides is 3. The monoisotopic (exact) mass is 427 g/mol. The SMILES string of the molecule is Cl.Cl.O=C(NCc1ccncc1)Nc1cccc(NC(=O)C2CNCCO2)c1. The van der Waals surface area contributed by atoms with Crippen molar-refractivity contribution >= 4 is 48.1 Å². The molecule has 10 heteroatoms. The van der Waals surface area contributed by atoms with Crippen LogP contribution in [0.1, 0.15) is 5.56 Å². The van der Waals surface area contributed by atoms with Crippen molar-refractivity contribution in [2.24, 2.45) is 0 Å². The van der Waals surface area contributed by atoms with E-state index in [1.165, 1.54) is 0 Å². The van der Waals surface area contributed by atoms with Gasteiger partial charge in [0.05, 0.1) is 6.61 Å². The van der Waals surface area contributed by atoms with Crippen LogP contribution in [0, 0.1) is 0 Å². The third kappa shape index (κ3) is 7.32. The van der Waals surface area contributed by atoms with E-state index in [9.17, 15) is 9.59 Å². The number of rotatable bonds is 5. The van der Waals surface area contributed by atoms with Gasteiger partial charge in [0.2, 0.25) is 0 Å². The Hall–Kier alpha value is -2.39. The highest BCUT2D eigenvalue weighted by Gasteiger charge is 2.21. The molecule has 4 N–H and O–H groups in total. The van der Waals surface area contributed by atoms with E-state index in [1.807, 2.05) is 12.1 Å². The van der Waals surface area contributed by atoms with Crippen molar-refractivity contribution in [2.45, 2.75) is 12.6 Å². The molecule has 8 nitrogen and oxygen atoms in total. The lowest BCUT2D eigenvalue weighted by Crippen LogP contribution is -2.45. The third-order valence-electron chi connectivity index (χ3n) is 3.81. The number of pyridine rings is 1. The van der Waals surface area contributed by atoms with Gasteiger partial charge in [-0.05, 0) is 35.9 Å². The van der Waals surface area contributed by atoms with Crippen molar-refractivity contribution < 1.29 is 14.3 Å². The topological polar surface area (TPSA) is 104 Å². The van der Waals surface area contributed by atoms with E-state index < -0.39 is 6.10 Å². The summed E-state index contributed by atoms with van der Waals surface area (Å²) in [6, 6.07) is 10.3. The predicted molar refractivity (Wildman–Crippen MR) is 112 cm³/mol. The fourth-order valence-electron chi connectivity index (χ4n) is 2.49. The van der Waals surface area contributed by atoms with Gasteiger partial charge in [-0.25, -0.2) is 4.79 Å². The number of carbonyl (C=O) groups is 2. The summed E-state index contributed by atoms with van der Waals surface area (Å²) in [6.07, 6.45) is 2.84. The molecule has 1 aliphatic rings. The van der Waals surface area contributed by atoms with Gasteiger partial charge in [0.1, 0.15) is 6.10 Å². The third-order valence-corrected chi connectivity index (χ3v) is 3.81. The molecule has 1 atom stereocenters. The molecule has 0 bridgehead atoms. The van der Waals surface area contributed by atoms with Crippen LogP contribution in [0.3, 0.4) is 0 Å². The van der Waals surface area contributed by atoms with E-state index in [4.69, 9.17) is 4.74 Å². The van der Waals surface area contributed by atoms with E-state index >= 15 is 0 Å². The van der Waals surface area contributed by atoms with Crippen LogP contribution in [0.2, 0.25) is 0 Å². The molecule has 1 fully saturated rings. The average Bonchev–Trinajstić information content (AvgIpc) is 2.68. The van der Waals surface area contributed by atoms with Gasteiger partial charge in [-0.1, -0.05) is 6.07 Å². The first-order chi connectivity index (χ1) is 12.7. The van der Waals surface area contributed by atoms with Crippen LogP contribution in [0.5, 0.6) is 0 Å². The smallest absolute Gasteiger partial charge is 0.319 e. The summed E-state index contributed by atoms with van der Waals surface area (Å²) in [5.41, 5.74) is 2.13. The summed E-state index contributed by atoms with van der Waals surface area (Å²) in [6.45, 7) is 2.15. The summed E-state index contributed by atoms with van der Waals surface area (Å²) in [5.74, 6) is -0.212. The first-order valence-electron chi connectivity index (χ1n) is 8.38. The number of halogens is 2. The van der Waals surface area contributed by atoms with E-state index in [1.54, 1.807) is 36.7 Å². The molecule has 0 saturated carbocycles. The number of ether oxygens (including phenoxy) is 1. The number of urea groups is 1. The van der Waals surface area contributed by atoms with E-state index in [-0.39, 0.29) is 36.8 Å². The highest BCUT2D eigenvalue weighted by molar-refractivity contribution is 5.96. The molecule has 0 radical (unpaired) electrons. The predicted octanol–water partition coefficient (Wildman–Crippen LogP) is 2.17. The molecule has 28 heavy (non-hydrogen) atoms. The van der Waals surface area contributed by atoms with Crippen LogP contribution < -0.4 is 21.3 Å². The maximum atomic E-state index is 12.2. The van der Waals surface area contributed by atoms with Crippen LogP contribution in [0.25, 0.3) is 0 Å². The molecule has 0 spiro atoms. The van der Waals surface area contributed by atoms with E-state index in [2.05, 4.69) is 26.3 Å². The van der Waals surface area contributed by atoms with Gasteiger partial charge in [-0.3, -0.25) is 9.78 Å². The second-order valence-corrected chi connectivity index (χ2v) is 5.80. The van der Waals surface area contributed by atoms with Gasteiger partial charge < -0.3 is 26.0 Å². The molecule has 3 rings (SSSR count). The zero-order valence-electron chi connectivity index (χ0n) is 15.0. The van der Waals surface area contributed by atoms with E-state index in [0.717, 1.165) is 12.1 Å². The first kappa shape index (κ1) is 23.6. The number of carbonyl (C=O) groups excluding carboxylic acids is 2. The molecule has 1 aliphatic heterocycles. The second-order valence-electron chi connectivity index (χ2n) is 5.80.